The van der Waals surface area contributed by atoms with Gasteiger partial charge in [0.15, 0.2) is 6.10 Å². The third-order valence-electron chi connectivity index (χ3n) is 5.01. The molecule has 0 bridgehead atoms. The molecule has 0 amide bonds. The second-order valence-corrected chi connectivity index (χ2v) is 8.13. The first kappa shape index (κ1) is 30.6. The van der Waals surface area contributed by atoms with Crippen LogP contribution in [-0.4, -0.2) is 49.3 Å². The lowest BCUT2D eigenvalue weighted by molar-refractivity contribution is -0.162. The SMILES string of the molecule is CCCCCC(OC(C)=O)C(/C=C/C(CCCCCCCC(=O)OC)OC(C)=O)OC(C)=O. The summed E-state index contributed by atoms with van der Waals surface area (Å²) >= 11 is 0. The van der Waals surface area contributed by atoms with Gasteiger partial charge in [0.05, 0.1) is 7.11 Å². The van der Waals surface area contributed by atoms with Crippen LogP contribution in [0.5, 0.6) is 0 Å². The molecule has 0 fully saturated rings. The highest BCUT2D eigenvalue weighted by Gasteiger charge is 2.25. The summed E-state index contributed by atoms with van der Waals surface area (Å²) in [5.41, 5.74) is 0. The van der Waals surface area contributed by atoms with Crippen molar-refractivity contribution in [1.82, 2.24) is 0 Å². The minimum Gasteiger partial charge on any atom is -0.469 e. The van der Waals surface area contributed by atoms with Crippen LogP contribution in [0.25, 0.3) is 0 Å². The second-order valence-electron chi connectivity index (χ2n) is 8.13. The number of hydrogen-bond donors (Lipinski definition) is 0. The van der Waals surface area contributed by atoms with E-state index in [2.05, 4.69) is 11.7 Å². The van der Waals surface area contributed by atoms with E-state index < -0.39 is 36.2 Å². The summed E-state index contributed by atoms with van der Waals surface area (Å²) < 4.78 is 20.9. The molecule has 0 aromatic rings. The van der Waals surface area contributed by atoms with Crippen LogP contribution >= 0.6 is 0 Å². The maximum absolute atomic E-state index is 11.6. The Balaban J connectivity index is 4.97. The van der Waals surface area contributed by atoms with E-state index in [1.54, 1.807) is 12.2 Å². The monoisotopic (exact) mass is 470 g/mol. The minimum atomic E-state index is -0.750. The zero-order chi connectivity index (χ0) is 25.1. The van der Waals surface area contributed by atoms with Gasteiger partial charge in [-0.15, -0.1) is 0 Å². The molecule has 0 aliphatic rings. The zero-order valence-electron chi connectivity index (χ0n) is 20.9. The lowest BCUT2D eigenvalue weighted by Crippen LogP contribution is -2.33. The fourth-order valence-corrected chi connectivity index (χ4v) is 3.42. The smallest absolute Gasteiger partial charge is 0.305 e. The van der Waals surface area contributed by atoms with Crippen molar-refractivity contribution < 1.29 is 38.1 Å². The maximum Gasteiger partial charge on any atom is 0.305 e. The van der Waals surface area contributed by atoms with Gasteiger partial charge in [-0.1, -0.05) is 39.0 Å². The molecule has 0 saturated heterocycles. The van der Waals surface area contributed by atoms with Gasteiger partial charge in [-0.3, -0.25) is 19.2 Å². The Hall–Kier alpha value is -2.38. The molecular weight excluding hydrogens is 428 g/mol. The van der Waals surface area contributed by atoms with E-state index in [1.165, 1.54) is 27.9 Å². The van der Waals surface area contributed by atoms with Crippen LogP contribution < -0.4 is 0 Å². The summed E-state index contributed by atoms with van der Waals surface area (Å²) in [5, 5.41) is 0. The van der Waals surface area contributed by atoms with Gasteiger partial charge in [-0.2, -0.15) is 0 Å². The number of rotatable bonds is 18. The van der Waals surface area contributed by atoms with Crippen molar-refractivity contribution in [3.05, 3.63) is 12.2 Å². The minimum absolute atomic E-state index is 0.195. The summed E-state index contributed by atoms with van der Waals surface area (Å²) in [6, 6.07) is 0. The molecule has 3 unspecified atom stereocenters. The number of unbranched alkanes of at least 4 members (excludes halogenated alkanes) is 6. The van der Waals surface area contributed by atoms with Gasteiger partial charge in [-0.25, -0.2) is 0 Å². The summed E-state index contributed by atoms with van der Waals surface area (Å²) in [6.07, 6.45) is 10.5. The Bertz CT molecular complexity index is 614. The van der Waals surface area contributed by atoms with Crippen LogP contribution in [0.2, 0.25) is 0 Å². The Labute approximate surface area is 198 Å². The number of carbonyl (C=O) groups is 4. The predicted octanol–water partition coefficient (Wildman–Crippen LogP) is 4.82. The third-order valence-corrected chi connectivity index (χ3v) is 5.01. The van der Waals surface area contributed by atoms with Crippen molar-refractivity contribution in [2.45, 2.75) is 117 Å². The van der Waals surface area contributed by atoms with Gasteiger partial charge < -0.3 is 18.9 Å². The molecule has 0 aliphatic heterocycles. The highest BCUT2D eigenvalue weighted by molar-refractivity contribution is 5.69. The first-order valence-corrected chi connectivity index (χ1v) is 12.0. The standard InChI is InChI=1S/C25H42O8/c1-6-7-11-15-23(32-20(3)27)24(33-21(4)28)18-17-22(31-19(2)26)14-12-9-8-10-13-16-25(29)30-5/h17-18,22-24H,6-16H2,1-5H3/b18-17+. The van der Waals surface area contributed by atoms with Crippen molar-refractivity contribution in [3.8, 4) is 0 Å². The summed E-state index contributed by atoms with van der Waals surface area (Å²) in [5.74, 6) is -1.51. The molecule has 0 saturated carbocycles. The lowest BCUT2D eigenvalue weighted by atomic mass is 10.0. The molecule has 0 heterocycles. The average Bonchev–Trinajstić information content (AvgIpc) is 2.73. The Kier molecular flexibility index (Phi) is 17.7. The van der Waals surface area contributed by atoms with E-state index in [1.807, 2.05) is 0 Å². The molecule has 8 heteroatoms. The van der Waals surface area contributed by atoms with Gasteiger partial charge in [-0.05, 0) is 44.3 Å². The highest BCUT2D eigenvalue weighted by Crippen LogP contribution is 2.18. The van der Waals surface area contributed by atoms with Gasteiger partial charge in [0.2, 0.25) is 0 Å². The van der Waals surface area contributed by atoms with Gasteiger partial charge in [0, 0.05) is 27.2 Å². The lowest BCUT2D eigenvalue weighted by Gasteiger charge is -2.24. The van der Waals surface area contributed by atoms with Crippen LogP contribution in [0, 0.1) is 0 Å². The molecule has 0 aliphatic carbocycles. The van der Waals surface area contributed by atoms with Crippen LogP contribution in [0.4, 0.5) is 0 Å². The summed E-state index contributed by atoms with van der Waals surface area (Å²) in [7, 11) is 1.39. The highest BCUT2D eigenvalue weighted by atomic mass is 16.6. The van der Waals surface area contributed by atoms with E-state index in [4.69, 9.17) is 14.2 Å². The number of hydrogen-bond acceptors (Lipinski definition) is 8. The molecule has 190 valence electrons. The quantitative estimate of drug-likeness (QED) is 0.121. The first-order valence-electron chi connectivity index (χ1n) is 12.0. The van der Waals surface area contributed by atoms with Gasteiger partial charge >= 0.3 is 23.9 Å². The molecule has 3 atom stereocenters. The molecule has 0 radical (unpaired) electrons. The Morgan fingerprint density at radius 2 is 1.27 bits per heavy atom. The topological polar surface area (TPSA) is 105 Å². The Morgan fingerprint density at radius 1 is 0.697 bits per heavy atom. The van der Waals surface area contributed by atoms with Crippen LogP contribution in [0.15, 0.2) is 12.2 Å². The van der Waals surface area contributed by atoms with E-state index in [9.17, 15) is 19.2 Å². The van der Waals surface area contributed by atoms with Crippen molar-refractivity contribution in [1.29, 1.82) is 0 Å². The van der Waals surface area contributed by atoms with Crippen LogP contribution in [-0.2, 0) is 38.1 Å². The van der Waals surface area contributed by atoms with E-state index >= 15 is 0 Å². The Morgan fingerprint density at radius 3 is 1.85 bits per heavy atom. The molecule has 0 rings (SSSR count). The maximum atomic E-state index is 11.6. The number of ether oxygens (including phenoxy) is 4. The van der Waals surface area contributed by atoms with Gasteiger partial charge in [0.25, 0.3) is 0 Å². The second kappa shape index (κ2) is 19.1. The third kappa shape index (κ3) is 17.8. The average molecular weight is 471 g/mol. The molecular formula is C25H42O8. The molecule has 0 spiro atoms. The predicted molar refractivity (Wildman–Crippen MR) is 124 cm³/mol. The molecule has 0 N–H and O–H groups in total. The zero-order valence-corrected chi connectivity index (χ0v) is 20.9. The van der Waals surface area contributed by atoms with Crippen molar-refractivity contribution in [3.63, 3.8) is 0 Å². The fourth-order valence-electron chi connectivity index (χ4n) is 3.42. The van der Waals surface area contributed by atoms with Crippen LogP contribution in [0.1, 0.15) is 98.3 Å². The van der Waals surface area contributed by atoms with E-state index in [0.717, 1.165) is 51.4 Å². The summed E-state index contributed by atoms with van der Waals surface area (Å²) in [4.78, 5) is 45.9. The molecule has 8 nitrogen and oxygen atoms in total. The van der Waals surface area contributed by atoms with E-state index in [0.29, 0.717) is 19.3 Å². The molecule has 33 heavy (non-hydrogen) atoms. The van der Waals surface area contributed by atoms with Crippen molar-refractivity contribution in [2.24, 2.45) is 0 Å². The van der Waals surface area contributed by atoms with Crippen molar-refractivity contribution >= 4 is 23.9 Å². The number of carbonyl (C=O) groups excluding carboxylic acids is 4. The normalized spacial score (nSPS) is 13.7. The van der Waals surface area contributed by atoms with Crippen LogP contribution in [0.3, 0.4) is 0 Å². The largest absolute Gasteiger partial charge is 0.469 e. The number of methoxy groups -OCH3 is 1. The summed E-state index contributed by atoms with van der Waals surface area (Å²) in [6.45, 7) is 6.06. The fraction of sp³-hybridized carbons (Fsp3) is 0.760. The first-order chi connectivity index (χ1) is 15.7. The van der Waals surface area contributed by atoms with Gasteiger partial charge in [0.1, 0.15) is 12.2 Å². The number of esters is 4. The van der Waals surface area contributed by atoms with Crippen molar-refractivity contribution in [2.75, 3.05) is 7.11 Å². The van der Waals surface area contributed by atoms with E-state index in [-0.39, 0.29) is 5.97 Å². The molecule has 0 aromatic carbocycles. The molecule has 0 aromatic heterocycles.